The molecule has 0 aromatic heterocycles. The third kappa shape index (κ3) is 3.02. The normalized spacial score (nSPS) is 11.7. The van der Waals surface area contributed by atoms with Crippen molar-refractivity contribution >= 4 is 12.3 Å². The van der Waals surface area contributed by atoms with Crippen LogP contribution in [0.1, 0.15) is 27.6 Å². The summed E-state index contributed by atoms with van der Waals surface area (Å²) in [5, 5.41) is 26.8. The van der Waals surface area contributed by atoms with Crippen LogP contribution in [0.3, 0.4) is 0 Å². The van der Waals surface area contributed by atoms with Crippen LogP contribution in [0.2, 0.25) is 0 Å². The number of aliphatic hydroxyl groups is 1. The predicted octanol–water partition coefficient (Wildman–Crippen LogP) is 1.09. The molecule has 2 N–H and O–H groups in total. The Morgan fingerprint density at radius 3 is 2.53 bits per heavy atom. The number of aliphatic hydroxyl groups excluding tert-OH is 1. The Hall–Kier alpha value is -2.53. The monoisotopic (exact) mass is 271 g/mol. The Kier molecular flexibility index (Phi) is 4.50. The zero-order chi connectivity index (χ0) is 14.6. The molecule has 1 aromatic rings. The summed E-state index contributed by atoms with van der Waals surface area (Å²) >= 11 is 0. The summed E-state index contributed by atoms with van der Waals surface area (Å²) in [7, 11) is 0. The minimum absolute atomic E-state index is 0.230. The minimum atomic E-state index is -3.34. The number of carbonyl (C=O) groups is 2. The van der Waals surface area contributed by atoms with Gasteiger partial charge in [0.2, 0.25) is 0 Å². The second-order valence-corrected chi connectivity index (χ2v) is 3.30. The van der Waals surface area contributed by atoms with Gasteiger partial charge in [-0.3, -0.25) is 4.79 Å². The van der Waals surface area contributed by atoms with Gasteiger partial charge < -0.3 is 14.9 Å². The largest absolute Gasteiger partial charge is 0.479 e. The lowest BCUT2D eigenvalue weighted by Crippen LogP contribution is -2.15. The summed E-state index contributed by atoms with van der Waals surface area (Å²) in [5.41, 5.74) is -1.34. The van der Waals surface area contributed by atoms with Gasteiger partial charge in [-0.2, -0.15) is 14.0 Å². The summed E-state index contributed by atoms with van der Waals surface area (Å²) < 4.78 is 28.6. The molecule has 0 spiro atoms. The Bertz CT molecular complexity index is 553. The first-order valence-electron chi connectivity index (χ1n) is 4.80. The molecule has 100 valence electrons. The molecular weight excluding hydrogens is 264 g/mol. The molecule has 0 fully saturated rings. The van der Waals surface area contributed by atoms with Crippen LogP contribution in [-0.4, -0.2) is 29.1 Å². The lowest BCUT2D eigenvalue weighted by Gasteiger charge is -2.15. The van der Waals surface area contributed by atoms with Crippen LogP contribution in [-0.2, 0) is 4.79 Å². The van der Waals surface area contributed by atoms with Crippen molar-refractivity contribution in [2.75, 3.05) is 0 Å². The second kappa shape index (κ2) is 5.88. The van der Waals surface area contributed by atoms with E-state index in [1.165, 1.54) is 6.07 Å². The maximum absolute atomic E-state index is 12.3. The zero-order valence-electron chi connectivity index (χ0n) is 9.21. The number of nitrogens with zero attached hydrogens (tertiary/aromatic N) is 1. The number of aldehydes is 1. The van der Waals surface area contributed by atoms with E-state index in [9.17, 15) is 23.5 Å². The van der Waals surface area contributed by atoms with E-state index in [1.54, 1.807) is 0 Å². The molecule has 0 aliphatic heterocycles. The Labute approximate surface area is 105 Å². The molecule has 19 heavy (non-hydrogen) atoms. The lowest BCUT2D eigenvalue weighted by atomic mass is 10.00. The SMILES string of the molecule is N#Cc1c(C=O)ccc(C(O)C(=O)O)c1OC(F)F. The average Bonchev–Trinajstić information content (AvgIpc) is 2.36. The van der Waals surface area contributed by atoms with Crippen LogP contribution >= 0.6 is 0 Å². The van der Waals surface area contributed by atoms with E-state index >= 15 is 0 Å². The summed E-state index contributed by atoms with van der Waals surface area (Å²) in [6.45, 7) is -3.34. The Balaban J connectivity index is 3.51. The lowest BCUT2D eigenvalue weighted by molar-refractivity contribution is -0.147. The van der Waals surface area contributed by atoms with Gasteiger partial charge in [0, 0.05) is 11.1 Å². The molecule has 0 aliphatic carbocycles. The number of hydrogen-bond donors (Lipinski definition) is 2. The number of rotatable bonds is 5. The summed E-state index contributed by atoms with van der Waals surface area (Å²) in [6, 6.07) is 3.43. The van der Waals surface area contributed by atoms with E-state index in [-0.39, 0.29) is 11.8 Å². The number of halogens is 2. The highest BCUT2D eigenvalue weighted by Gasteiger charge is 2.26. The first-order chi connectivity index (χ1) is 8.92. The molecular formula is C11H7F2NO5. The molecule has 0 aliphatic rings. The van der Waals surface area contributed by atoms with Gasteiger partial charge in [-0.25, -0.2) is 4.79 Å². The number of carbonyl (C=O) groups excluding carboxylic acids is 1. The van der Waals surface area contributed by atoms with Crippen LogP contribution < -0.4 is 4.74 Å². The number of benzene rings is 1. The first-order valence-corrected chi connectivity index (χ1v) is 4.80. The van der Waals surface area contributed by atoms with Crippen molar-refractivity contribution in [3.8, 4) is 11.8 Å². The topological polar surface area (TPSA) is 108 Å². The van der Waals surface area contributed by atoms with E-state index in [0.29, 0.717) is 0 Å². The Morgan fingerprint density at radius 1 is 1.47 bits per heavy atom. The van der Waals surface area contributed by atoms with E-state index < -0.39 is 35.6 Å². The van der Waals surface area contributed by atoms with Crippen molar-refractivity contribution in [2.24, 2.45) is 0 Å². The van der Waals surface area contributed by atoms with Gasteiger partial charge in [0.25, 0.3) is 0 Å². The van der Waals surface area contributed by atoms with Gasteiger partial charge in [0.1, 0.15) is 11.6 Å². The second-order valence-electron chi connectivity index (χ2n) is 3.30. The summed E-state index contributed by atoms with van der Waals surface area (Å²) in [6.07, 6.45) is -1.92. The quantitative estimate of drug-likeness (QED) is 0.776. The van der Waals surface area contributed by atoms with Crippen LogP contribution in [0.4, 0.5) is 8.78 Å². The van der Waals surface area contributed by atoms with Crippen molar-refractivity contribution in [1.82, 2.24) is 0 Å². The van der Waals surface area contributed by atoms with Crippen molar-refractivity contribution in [3.05, 3.63) is 28.8 Å². The first kappa shape index (κ1) is 14.5. The Morgan fingerprint density at radius 2 is 2.11 bits per heavy atom. The number of ether oxygens (including phenoxy) is 1. The fourth-order valence-electron chi connectivity index (χ4n) is 1.39. The van der Waals surface area contributed by atoms with Crippen LogP contribution in [0.5, 0.6) is 5.75 Å². The highest BCUT2D eigenvalue weighted by molar-refractivity contribution is 5.83. The molecule has 1 rings (SSSR count). The molecule has 6 nitrogen and oxygen atoms in total. The van der Waals surface area contributed by atoms with Crippen molar-refractivity contribution < 1.29 is 33.3 Å². The van der Waals surface area contributed by atoms with E-state index in [4.69, 9.17) is 10.4 Å². The minimum Gasteiger partial charge on any atom is -0.479 e. The molecule has 1 atom stereocenters. The average molecular weight is 271 g/mol. The molecule has 0 heterocycles. The maximum atomic E-state index is 12.3. The van der Waals surface area contributed by atoms with Crippen molar-refractivity contribution in [1.29, 1.82) is 5.26 Å². The number of carboxylic acids is 1. The maximum Gasteiger partial charge on any atom is 0.387 e. The zero-order valence-corrected chi connectivity index (χ0v) is 9.21. The molecule has 0 amide bonds. The number of carboxylic acid groups (broad SMARTS) is 1. The van der Waals surface area contributed by atoms with Crippen LogP contribution in [0, 0.1) is 11.3 Å². The smallest absolute Gasteiger partial charge is 0.387 e. The highest BCUT2D eigenvalue weighted by atomic mass is 19.3. The highest BCUT2D eigenvalue weighted by Crippen LogP contribution is 2.32. The van der Waals surface area contributed by atoms with E-state index in [2.05, 4.69) is 4.74 Å². The number of alkyl halides is 2. The molecule has 1 aromatic carbocycles. The fourth-order valence-corrected chi connectivity index (χ4v) is 1.39. The van der Waals surface area contributed by atoms with Gasteiger partial charge >= 0.3 is 12.6 Å². The molecule has 0 saturated heterocycles. The third-order valence-electron chi connectivity index (χ3n) is 2.19. The number of nitriles is 1. The van der Waals surface area contributed by atoms with Gasteiger partial charge in [0.05, 0.1) is 0 Å². The van der Waals surface area contributed by atoms with Gasteiger partial charge in [0.15, 0.2) is 18.1 Å². The number of hydrogen-bond acceptors (Lipinski definition) is 5. The molecule has 1 unspecified atom stereocenters. The molecule has 8 heteroatoms. The van der Waals surface area contributed by atoms with Gasteiger partial charge in [-0.1, -0.05) is 6.07 Å². The van der Waals surface area contributed by atoms with Crippen LogP contribution in [0.15, 0.2) is 12.1 Å². The van der Waals surface area contributed by atoms with Crippen molar-refractivity contribution in [2.45, 2.75) is 12.7 Å². The molecule has 0 bridgehead atoms. The molecule has 0 radical (unpaired) electrons. The summed E-state index contributed by atoms with van der Waals surface area (Å²) in [4.78, 5) is 21.3. The van der Waals surface area contributed by atoms with Crippen LogP contribution in [0.25, 0.3) is 0 Å². The van der Waals surface area contributed by atoms with E-state index in [1.807, 2.05) is 0 Å². The van der Waals surface area contributed by atoms with Gasteiger partial charge in [-0.05, 0) is 6.07 Å². The summed E-state index contributed by atoms with van der Waals surface area (Å²) in [5.74, 6) is -2.53. The fraction of sp³-hybridized carbons (Fsp3) is 0.182. The number of aliphatic carboxylic acids is 1. The standard InChI is InChI=1S/C11H7F2NO5/c12-11(13)19-9-6(8(16)10(17)18)2-1-5(4-15)7(9)3-14/h1-2,4,8,11,16H,(H,17,18). The van der Waals surface area contributed by atoms with E-state index in [0.717, 1.165) is 12.1 Å². The molecule has 0 saturated carbocycles. The van der Waals surface area contributed by atoms with Gasteiger partial charge in [-0.15, -0.1) is 0 Å². The third-order valence-corrected chi connectivity index (χ3v) is 2.19. The van der Waals surface area contributed by atoms with Crippen molar-refractivity contribution in [3.63, 3.8) is 0 Å². The predicted molar refractivity (Wildman–Crippen MR) is 55.8 cm³/mol.